The van der Waals surface area contributed by atoms with Crippen LogP contribution in [0.5, 0.6) is 0 Å². The maximum atomic E-state index is 10.1. The van der Waals surface area contributed by atoms with E-state index < -0.39 is 0 Å². The zero-order chi connectivity index (χ0) is 13.3. The largest absolute Gasteiger partial charge is 0.391 e. The summed E-state index contributed by atoms with van der Waals surface area (Å²) in [6.45, 7) is 3.76. The molecule has 0 aromatic carbocycles. The predicted molar refractivity (Wildman–Crippen MR) is 72.6 cm³/mol. The maximum Gasteiger partial charge on any atom is 0.137 e. The lowest BCUT2D eigenvalue weighted by molar-refractivity contribution is 0.106. The molecule has 0 spiro atoms. The molecule has 0 saturated heterocycles. The first-order valence-electron chi connectivity index (χ1n) is 6.52. The van der Waals surface area contributed by atoms with Crippen LogP contribution in [-0.2, 0) is 0 Å². The first kappa shape index (κ1) is 13.1. The monoisotopic (exact) mass is 250 g/mol. The highest BCUT2D eigenvalue weighted by molar-refractivity contribution is 5.56. The SMILES string of the molecule is Cc1nc(N)c(C)c(N(C)C2CCCCC2O)n1. The van der Waals surface area contributed by atoms with Crippen LogP contribution in [0.25, 0.3) is 0 Å². The summed E-state index contributed by atoms with van der Waals surface area (Å²) in [6.07, 6.45) is 3.85. The molecule has 1 fully saturated rings. The van der Waals surface area contributed by atoms with Gasteiger partial charge in [0, 0.05) is 12.6 Å². The molecule has 5 heteroatoms. The average Bonchev–Trinajstić information content (AvgIpc) is 2.33. The van der Waals surface area contributed by atoms with Crippen LogP contribution < -0.4 is 10.6 Å². The molecule has 2 atom stereocenters. The molecule has 1 saturated carbocycles. The van der Waals surface area contributed by atoms with Crippen molar-refractivity contribution in [3.63, 3.8) is 0 Å². The van der Waals surface area contributed by atoms with Crippen LogP contribution in [0, 0.1) is 13.8 Å². The Morgan fingerprint density at radius 2 is 1.89 bits per heavy atom. The molecule has 1 heterocycles. The smallest absolute Gasteiger partial charge is 0.137 e. The van der Waals surface area contributed by atoms with Gasteiger partial charge >= 0.3 is 0 Å². The van der Waals surface area contributed by atoms with E-state index in [1.54, 1.807) is 0 Å². The van der Waals surface area contributed by atoms with Gasteiger partial charge < -0.3 is 15.7 Å². The first-order chi connectivity index (χ1) is 8.50. The molecular formula is C13H22N4O. The van der Waals surface area contributed by atoms with E-state index in [9.17, 15) is 5.11 Å². The third-order valence-corrected chi connectivity index (χ3v) is 3.80. The Bertz CT molecular complexity index is 435. The fraction of sp³-hybridized carbons (Fsp3) is 0.692. The van der Waals surface area contributed by atoms with Crippen molar-refractivity contribution in [2.45, 2.75) is 51.7 Å². The number of rotatable bonds is 2. The average molecular weight is 250 g/mol. The van der Waals surface area contributed by atoms with Gasteiger partial charge in [-0.2, -0.15) is 0 Å². The molecule has 2 rings (SSSR count). The van der Waals surface area contributed by atoms with Crippen molar-refractivity contribution >= 4 is 11.6 Å². The molecule has 1 aromatic rings. The van der Waals surface area contributed by atoms with E-state index in [-0.39, 0.29) is 12.1 Å². The van der Waals surface area contributed by atoms with E-state index in [0.717, 1.165) is 37.1 Å². The number of nitrogens with two attached hydrogens (primary N) is 1. The first-order valence-corrected chi connectivity index (χ1v) is 6.52. The van der Waals surface area contributed by atoms with Gasteiger partial charge in [-0.15, -0.1) is 0 Å². The highest BCUT2D eigenvalue weighted by atomic mass is 16.3. The minimum atomic E-state index is -0.278. The van der Waals surface area contributed by atoms with Crippen molar-refractivity contribution in [1.29, 1.82) is 0 Å². The molecule has 2 unspecified atom stereocenters. The predicted octanol–water partition coefficient (Wildman–Crippen LogP) is 1.42. The topological polar surface area (TPSA) is 75.3 Å². The lowest BCUT2D eigenvalue weighted by Crippen LogP contribution is -2.44. The van der Waals surface area contributed by atoms with E-state index >= 15 is 0 Å². The van der Waals surface area contributed by atoms with Crippen molar-refractivity contribution in [2.75, 3.05) is 17.7 Å². The lowest BCUT2D eigenvalue weighted by atomic mass is 9.91. The van der Waals surface area contributed by atoms with Gasteiger partial charge in [0.1, 0.15) is 17.5 Å². The van der Waals surface area contributed by atoms with Crippen LogP contribution in [0.15, 0.2) is 0 Å². The minimum absolute atomic E-state index is 0.131. The fourth-order valence-corrected chi connectivity index (χ4v) is 2.68. The van der Waals surface area contributed by atoms with Gasteiger partial charge in [-0.05, 0) is 26.7 Å². The van der Waals surface area contributed by atoms with E-state index in [0.29, 0.717) is 11.6 Å². The van der Waals surface area contributed by atoms with Crippen LogP contribution in [0.4, 0.5) is 11.6 Å². The van der Waals surface area contributed by atoms with Crippen molar-refractivity contribution < 1.29 is 5.11 Å². The van der Waals surface area contributed by atoms with Crippen LogP contribution in [0.1, 0.15) is 37.1 Å². The van der Waals surface area contributed by atoms with Gasteiger partial charge in [-0.1, -0.05) is 12.8 Å². The summed E-state index contributed by atoms with van der Waals surface area (Å²) in [7, 11) is 1.98. The molecule has 1 aromatic heterocycles. The molecule has 1 aliphatic rings. The third-order valence-electron chi connectivity index (χ3n) is 3.80. The molecule has 18 heavy (non-hydrogen) atoms. The molecule has 0 amide bonds. The Balaban J connectivity index is 2.30. The van der Waals surface area contributed by atoms with Gasteiger partial charge in [0.15, 0.2) is 0 Å². The Kier molecular flexibility index (Phi) is 3.71. The van der Waals surface area contributed by atoms with E-state index in [1.165, 1.54) is 0 Å². The summed E-state index contributed by atoms with van der Waals surface area (Å²) in [5.74, 6) is 2.03. The molecule has 1 aliphatic carbocycles. The van der Waals surface area contributed by atoms with Crippen molar-refractivity contribution in [3.8, 4) is 0 Å². The van der Waals surface area contributed by atoms with Crippen LogP contribution >= 0.6 is 0 Å². The Morgan fingerprint density at radius 3 is 2.56 bits per heavy atom. The minimum Gasteiger partial charge on any atom is -0.391 e. The maximum absolute atomic E-state index is 10.1. The van der Waals surface area contributed by atoms with E-state index in [1.807, 2.05) is 20.9 Å². The van der Waals surface area contributed by atoms with Gasteiger partial charge in [0.05, 0.1) is 12.1 Å². The number of nitrogen functional groups attached to an aromatic ring is 1. The number of hydrogen-bond acceptors (Lipinski definition) is 5. The van der Waals surface area contributed by atoms with Crippen molar-refractivity contribution in [3.05, 3.63) is 11.4 Å². The van der Waals surface area contributed by atoms with Gasteiger partial charge in [0.25, 0.3) is 0 Å². The molecule has 0 aliphatic heterocycles. The summed E-state index contributed by atoms with van der Waals surface area (Å²) in [5, 5.41) is 10.1. The van der Waals surface area contributed by atoms with Gasteiger partial charge in [0.2, 0.25) is 0 Å². The number of likely N-dealkylation sites (N-methyl/N-ethyl adjacent to an activating group) is 1. The normalized spacial score (nSPS) is 24.0. The summed E-state index contributed by atoms with van der Waals surface area (Å²) >= 11 is 0. The highest BCUT2D eigenvalue weighted by Crippen LogP contribution is 2.28. The van der Waals surface area contributed by atoms with E-state index in [4.69, 9.17) is 5.73 Å². The van der Waals surface area contributed by atoms with Crippen LogP contribution in [0.2, 0.25) is 0 Å². The molecule has 3 N–H and O–H groups in total. The van der Waals surface area contributed by atoms with Crippen LogP contribution in [0.3, 0.4) is 0 Å². The number of anilines is 2. The fourth-order valence-electron chi connectivity index (χ4n) is 2.68. The van der Waals surface area contributed by atoms with E-state index in [2.05, 4.69) is 14.9 Å². The molecular weight excluding hydrogens is 228 g/mol. The second-order valence-electron chi connectivity index (χ2n) is 5.13. The van der Waals surface area contributed by atoms with Crippen molar-refractivity contribution in [2.24, 2.45) is 0 Å². The number of aromatic nitrogens is 2. The number of aliphatic hydroxyl groups is 1. The van der Waals surface area contributed by atoms with Gasteiger partial charge in [-0.25, -0.2) is 9.97 Å². The quantitative estimate of drug-likeness (QED) is 0.830. The summed E-state index contributed by atoms with van der Waals surface area (Å²) < 4.78 is 0. The Morgan fingerprint density at radius 1 is 1.22 bits per heavy atom. The number of hydrogen-bond donors (Lipinski definition) is 2. The van der Waals surface area contributed by atoms with Crippen molar-refractivity contribution in [1.82, 2.24) is 9.97 Å². The Labute approximate surface area is 108 Å². The summed E-state index contributed by atoms with van der Waals surface area (Å²) in [6, 6.07) is 0.131. The molecule has 5 nitrogen and oxygen atoms in total. The zero-order valence-corrected chi connectivity index (χ0v) is 11.3. The standard InChI is InChI=1S/C13H22N4O/c1-8-12(14)15-9(2)16-13(8)17(3)10-6-4-5-7-11(10)18/h10-11,18H,4-7H2,1-3H3,(H2,14,15,16). The second kappa shape index (κ2) is 5.10. The lowest BCUT2D eigenvalue weighted by Gasteiger charge is -2.36. The molecule has 0 bridgehead atoms. The molecule has 0 radical (unpaired) electrons. The van der Waals surface area contributed by atoms with Crippen LogP contribution in [-0.4, -0.2) is 34.3 Å². The number of aliphatic hydroxyl groups excluding tert-OH is 1. The Hall–Kier alpha value is -1.36. The number of nitrogens with zero attached hydrogens (tertiary/aromatic N) is 3. The van der Waals surface area contributed by atoms with Gasteiger partial charge in [-0.3, -0.25) is 0 Å². The number of aryl methyl sites for hydroxylation is 1. The highest BCUT2D eigenvalue weighted by Gasteiger charge is 2.28. The summed E-state index contributed by atoms with van der Waals surface area (Å²) in [5.41, 5.74) is 6.77. The second-order valence-corrected chi connectivity index (χ2v) is 5.13. The molecule has 100 valence electrons. The third kappa shape index (κ3) is 2.41. The summed E-state index contributed by atoms with van der Waals surface area (Å²) in [4.78, 5) is 10.7. The zero-order valence-electron chi connectivity index (χ0n) is 11.3.